The van der Waals surface area contributed by atoms with Gasteiger partial charge in [0.05, 0.1) is 34.3 Å². The molecule has 5 rings (SSSR count). The molecule has 0 radical (unpaired) electrons. The molecular weight excluding hydrogens is 514 g/mol. The minimum atomic E-state index is -4.46. The molecule has 2 aliphatic rings. The monoisotopic (exact) mass is 541 g/mol. The maximum Gasteiger partial charge on any atom is 0.393 e. The van der Waals surface area contributed by atoms with Crippen molar-refractivity contribution in [2.45, 2.75) is 50.6 Å². The van der Waals surface area contributed by atoms with E-state index in [2.05, 4.69) is 26.1 Å². The lowest BCUT2D eigenvalue weighted by atomic mass is 9.99. The zero-order chi connectivity index (χ0) is 26.0. The van der Waals surface area contributed by atoms with Crippen molar-refractivity contribution in [3.8, 4) is 10.7 Å². The number of amides is 1. The molecule has 1 aromatic carbocycles. The summed E-state index contributed by atoms with van der Waals surface area (Å²) in [6.45, 7) is 1.90. The second kappa shape index (κ2) is 10.9. The number of hydrogen-bond acceptors (Lipinski definition) is 8. The highest BCUT2D eigenvalue weighted by Gasteiger charge is 2.33. The summed E-state index contributed by atoms with van der Waals surface area (Å²) in [4.78, 5) is 16.9. The Morgan fingerprint density at radius 2 is 2.03 bits per heavy atom. The number of aromatic nitrogens is 2. The number of hydrogen-bond donors (Lipinski definition) is 3. The van der Waals surface area contributed by atoms with E-state index in [4.69, 9.17) is 9.26 Å². The fourth-order valence-corrected chi connectivity index (χ4v) is 5.93. The van der Waals surface area contributed by atoms with E-state index in [1.165, 1.54) is 0 Å². The van der Waals surface area contributed by atoms with Crippen LogP contribution in [0.5, 0.6) is 0 Å². The maximum absolute atomic E-state index is 14.4. The van der Waals surface area contributed by atoms with Crippen molar-refractivity contribution in [2.24, 2.45) is 5.92 Å². The number of nitrogens with one attached hydrogen (secondary N) is 3. The van der Waals surface area contributed by atoms with Gasteiger partial charge in [0.15, 0.2) is 0 Å². The number of piperidine rings is 1. The summed E-state index contributed by atoms with van der Waals surface area (Å²) in [5, 5.41) is 13.3. The van der Waals surface area contributed by atoms with Gasteiger partial charge >= 0.3 is 6.18 Å². The van der Waals surface area contributed by atoms with Crippen molar-refractivity contribution < 1.29 is 31.6 Å². The Hall–Kier alpha value is -2.77. The Morgan fingerprint density at radius 3 is 2.78 bits per heavy atom. The van der Waals surface area contributed by atoms with E-state index in [-0.39, 0.29) is 47.1 Å². The average Bonchev–Trinajstić information content (AvgIpc) is 3.49. The van der Waals surface area contributed by atoms with Gasteiger partial charge in [-0.3, -0.25) is 4.79 Å². The van der Waals surface area contributed by atoms with Gasteiger partial charge < -0.3 is 25.2 Å². The highest BCUT2D eigenvalue weighted by Crippen LogP contribution is 2.43. The van der Waals surface area contributed by atoms with Gasteiger partial charge in [-0.1, -0.05) is 17.3 Å². The number of benzene rings is 1. The summed E-state index contributed by atoms with van der Waals surface area (Å²) in [5.74, 6) is -0.194. The van der Waals surface area contributed by atoms with Crippen LogP contribution in [-0.4, -0.2) is 60.7 Å². The Balaban J connectivity index is 1.41. The smallest absolute Gasteiger partial charge is 0.381 e. The lowest BCUT2D eigenvalue weighted by Crippen LogP contribution is -2.45. The third kappa shape index (κ3) is 6.04. The molecule has 2 fully saturated rings. The van der Waals surface area contributed by atoms with E-state index < -0.39 is 24.8 Å². The highest BCUT2D eigenvalue weighted by molar-refractivity contribution is 7.23. The summed E-state index contributed by atoms with van der Waals surface area (Å²) in [7, 11) is 0. The van der Waals surface area contributed by atoms with Crippen LogP contribution in [-0.2, 0) is 22.5 Å². The van der Waals surface area contributed by atoms with Gasteiger partial charge in [-0.2, -0.15) is 18.2 Å². The molecule has 3 aromatic rings. The third-order valence-electron chi connectivity index (χ3n) is 6.62. The first kappa shape index (κ1) is 25.9. The fraction of sp³-hybridized carbons (Fsp3) is 0.542. The van der Waals surface area contributed by atoms with E-state index in [0.29, 0.717) is 54.8 Å². The third-order valence-corrected chi connectivity index (χ3v) is 7.90. The van der Waals surface area contributed by atoms with Crippen LogP contribution in [0.25, 0.3) is 20.8 Å². The normalized spacial score (nSPS) is 21.3. The van der Waals surface area contributed by atoms with Gasteiger partial charge in [-0.25, -0.2) is 4.39 Å². The number of anilines is 1. The molecule has 2 atom stereocenters. The van der Waals surface area contributed by atoms with Crippen LogP contribution in [0.1, 0.15) is 30.7 Å². The molecule has 0 bridgehead atoms. The van der Waals surface area contributed by atoms with Crippen LogP contribution in [0, 0.1) is 5.92 Å². The van der Waals surface area contributed by atoms with Crippen LogP contribution in [0.15, 0.2) is 22.7 Å². The molecule has 8 nitrogen and oxygen atoms in total. The largest absolute Gasteiger partial charge is 0.393 e. The lowest BCUT2D eigenvalue weighted by molar-refractivity contribution is -0.128. The molecule has 37 heavy (non-hydrogen) atoms. The highest BCUT2D eigenvalue weighted by atomic mass is 32.1. The molecule has 3 N–H and O–H groups in total. The van der Waals surface area contributed by atoms with Crippen molar-refractivity contribution >= 4 is 33.0 Å². The van der Waals surface area contributed by atoms with E-state index in [0.717, 1.165) is 11.3 Å². The molecule has 0 aliphatic carbocycles. The number of carbonyl (C=O) groups is 1. The van der Waals surface area contributed by atoms with Crippen LogP contribution in [0.3, 0.4) is 0 Å². The number of carbonyl (C=O) groups excluding carboxylic acids is 1. The van der Waals surface area contributed by atoms with Crippen molar-refractivity contribution in [2.75, 3.05) is 31.6 Å². The Labute approximate surface area is 214 Å². The van der Waals surface area contributed by atoms with Gasteiger partial charge in [0, 0.05) is 25.7 Å². The number of ether oxygens (including phenoxy) is 1. The number of thiophene rings is 1. The number of rotatable bonds is 7. The molecule has 0 saturated carbocycles. The predicted octanol–water partition coefficient (Wildman–Crippen LogP) is 4.21. The number of halogens is 4. The zero-order valence-corrected chi connectivity index (χ0v) is 20.7. The van der Waals surface area contributed by atoms with E-state index >= 15 is 0 Å². The summed E-state index contributed by atoms with van der Waals surface area (Å²) < 4.78 is 66.2. The van der Waals surface area contributed by atoms with Crippen LogP contribution in [0.2, 0.25) is 0 Å². The van der Waals surface area contributed by atoms with Crippen molar-refractivity contribution in [3.05, 3.63) is 29.7 Å². The topological polar surface area (TPSA) is 101 Å². The molecule has 0 unspecified atom stereocenters. The minimum absolute atomic E-state index is 0.0203. The molecular formula is C24H27F4N5O3S. The number of fused-ring (bicyclic) bond motifs is 1. The van der Waals surface area contributed by atoms with Crippen LogP contribution < -0.4 is 16.0 Å². The first-order chi connectivity index (χ1) is 17.8. The molecule has 13 heteroatoms. The zero-order valence-electron chi connectivity index (χ0n) is 19.9. The van der Waals surface area contributed by atoms with Gasteiger partial charge in [0.2, 0.25) is 17.6 Å². The SMILES string of the molecule is O=C(NCc1nc(-c2sc3c(N[C@@H]4CCNC[C@@H]4F)cccc3c2CC(F)(F)F)no1)C1CCOCC1. The first-order valence-electron chi connectivity index (χ1n) is 12.2. The lowest BCUT2D eigenvalue weighted by Gasteiger charge is -2.28. The van der Waals surface area contributed by atoms with Gasteiger partial charge in [0.25, 0.3) is 0 Å². The van der Waals surface area contributed by atoms with E-state index in [1.54, 1.807) is 18.2 Å². The van der Waals surface area contributed by atoms with E-state index in [1.807, 2.05) is 0 Å². The second-order valence-corrected chi connectivity index (χ2v) is 10.3. The van der Waals surface area contributed by atoms with Crippen molar-refractivity contribution in [1.82, 2.24) is 20.8 Å². The van der Waals surface area contributed by atoms with Crippen LogP contribution in [0.4, 0.5) is 23.2 Å². The summed E-state index contributed by atoms with van der Waals surface area (Å²) in [5.41, 5.74) is 0.607. The molecule has 2 aromatic heterocycles. The summed E-state index contributed by atoms with van der Waals surface area (Å²) >= 11 is 1.11. The standard InChI is InChI=1S/C24H27F4N5O3S/c25-16-11-29-7-4-17(16)31-18-3-1-2-14-15(10-24(26,27)28)21(37-20(14)18)22-32-19(36-33-22)12-30-23(34)13-5-8-35-9-6-13/h1-3,13,16-17,29,31H,4-12H2,(H,30,34)/t16-,17+/m0/s1. The summed E-state index contributed by atoms with van der Waals surface area (Å²) in [6, 6.07) is 4.57. The maximum atomic E-state index is 14.4. The fourth-order valence-electron chi connectivity index (χ4n) is 4.71. The minimum Gasteiger partial charge on any atom is -0.381 e. The van der Waals surface area contributed by atoms with Gasteiger partial charge in [-0.15, -0.1) is 11.3 Å². The number of nitrogens with zero attached hydrogens (tertiary/aromatic N) is 2. The van der Waals surface area contributed by atoms with Crippen molar-refractivity contribution in [3.63, 3.8) is 0 Å². The second-order valence-electron chi connectivity index (χ2n) is 9.26. The summed E-state index contributed by atoms with van der Waals surface area (Å²) in [6.07, 6.45) is -4.95. The molecule has 4 heterocycles. The Bertz CT molecular complexity index is 1240. The molecule has 2 saturated heterocycles. The van der Waals surface area contributed by atoms with Crippen LogP contribution >= 0.6 is 11.3 Å². The quantitative estimate of drug-likeness (QED) is 0.385. The molecule has 2 aliphatic heterocycles. The molecule has 0 spiro atoms. The van der Waals surface area contributed by atoms with E-state index in [9.17, 15) is 22.4 Å². The first-order valence-corrected chi connectivity index (χ1v) is 13.0. The predicted molar refractivity (Wildman–Crippen MR) is 130 cm³/mol. The van der Waals surface area contributed by atoms with Crippen molar-refractivity contribution in [1.29, 1.82) is 0 Å². The van der Waals surface area contributed by atoms with Gasteiger partial charge in [-0.05, 0) is 42.8 Å². The molecule has 1 amide bonds. The number of alkyl halides is 4. The Kier molecular flexibility index (Phi) is 7.63. The molecule has 200 valence electrons. The average molecular weight is 542 g/mol. The Morgan fingerprint density at radius 1 is 1.22 bits per heavy atom. The van der Waals surface area contributed by atoms with Gasteiger partial charge in [0.1, 0.15) is 6.17 Å².